The van der Waals surface area contributed by atoms with Crippen molar-refractivity contribution in [1.29, 1.82) is 0 Å². The zero-order chi connectivity index (χ0) is 24.8. The van der Waals surface area contributed by atoms with Crippen LogP contribution in [0.4, 0.5) is 5.69 Å². The van der Waals surface area contributed by atoms with Crippen LogP contribution in [0.3, 0.4) is 0 Å². The average Bonchev–Trinajstić information content (AvgIpc) is 2.83. The van der Waals surface area contributed by atoms with Crippen molar-refractivity contribution in [2.45, 2.75) is 38.6 Å². The maximum absolute atomic E-state index is 12.8. The van der Waals surface area contributed by atoms with Crippen molar-refractivity contribution in [3.05, 3.63) is 64.6 Å². The SMILES string of the molecule is CC(=O)Nc1ccc(OCCCC#Cc2ccc3c(=O)n(C4CCC(=O)NC4=O)ncc3c2)cc1. The summed E-state index contributed by atoms with van der Waals surface area (Å²) in [6.45, 7) is 1.97. The summed E-state index contributed by atoms with van der Waals surface area (Å²) >= 11 is 0. The standard InChI is InChI=1S/C26H24N4O5/c1-17(31)28-20-7-9-21(10-8-20)35-14-4-2-3-5-18-6-11-22-19(15-18)16-27-30(26(22)34)23-12-13-24(32)29-25(23)33/h6-11,15-16,23H,2,4,12-14H2,1H3,(H,28,31)(H,29,32,33). The largest absolute Gasteiger partial charge is 0.494 e. The fourth-order valence-electron chi connectivity index (χ4n) is 3.73. The van der Waals surface area contributed by atoms with E-state index >= 15 is 0 Å². The van der Waals surface area contributed by atoms with E-state index in [0.29, 0.717) is 23.8 Å². The maximum atomic E-state index is 12.8. The van der Waals surface area contributed by atoms with Crippen LogP contribution in [0.2, 0.25) is 0 Å². The summed E-state index contributed by atoms with van der Waals surface area (Å²) in [7, 11) is 0. The zero-order valence-corrected chi connectivity index (χ0v) is 19.2. The molecule has 0 bridgehead atoms. The van der Waals surface area contributed by atoms with Gasteiger partial charge in [-0.15, -0.1) is 0 Å². The van der Waals surface area contributed by atoms with E-state index in [1.165, 1.54) is 13.1 Å². The van der Waals surface area contributed by atoms with Crippen LogP contribution < -0.4 is 20.9 Å². The number of amides is 3. The van der Waals surface area contributed by atoms with Crippen LogP contribution in [-0.2, 0) is 14.4 Å². The topological polar surface area (TPSA) is 119 Å². The number of aromatic nitrogens is 2. The third-order valence-corrected chi connectivity index (χ3v) is 5.44. The first kappa shape index (κ1) is 23.7. The Morgan fingerprint density at radius 2 is 2.00 bits per heavy atom. The quantitative estimate of drug-likeness (QED) is 0.323. The van der Waals surface area contributed by atoms with Crippen molar-refractivity contribution in [2.24, 2.45) is 0 Å². The smallest absolute Gasteiger partial charge is 0.275 e. The third kappa shape index (κ3) is 5.92. The van der Waals surface area contributed by atoms with Gasteiger partial charge in [-0.3, -0.25) is 24.5 Å². The van der Waals surface area contributed by atoms with Crippen LogP contribution in [0.15, 0.2) is 53.5 Å². The number of unbranched alkanes of at least 4 members (excludes halogenated alkanes) is 1. The van der Waals surface area contributed by atoms with Gasteiger partial charge < -0.3 is 10.1 Å². The van der Waals surface area contributed by atoms with Gasteiger partial charge in [-0.05, 0) is 55.3 Å². The van der Waals surface area contributed by atoms with E-state index < -0.39 is 11.9 Å². The molecule has 35 heavy (non-hydrogen) atoms. The molecule has 1 fully saturated rings. The Kier molecular flexibility index (Phi) is 7.21. The lowest BCUT2D eigenvalue weighted by Crippen LogP contribution is -2.45. The molecule has 178 valence electrons. The lowest BCUT2D eigenvalue weighted by molar-refractivity contribution is -0.136. The second-order valence-corrected chi connectivity index (χ2v) is 8.12. The highest BCUT2D eigenvalue weighted by molar-refractivity contribution is 5.99. The number of nitrogens with one attached hydrogen (secondary N) is 2. The highest BCUT2D eigenvalue weighted by Gasteiger charge is 2.29. The van der Waals surface area contributed by atoms with Crippen LogP contribution >= 0.6 is 0 Å². The first-order valence-electron chi connectivity index (χ1n) is 11.3. The highest BCUT2D eigenvalue weighted by atomic mass is 16.5. The van der Waals surface area contributed by atoms with E-state index in [-0.39, 0.29) is 30.2 Å². The molecule has 1 aliphatic rings. The molecule has 0 saturated carbocycles. The molecule has 1 aliphatic heterocycles. The van der Waals surface area contributed by atoms with Crippen LogP contribution in [0.25, 0.3) is 10.8 Å². The molecule has 2 N–H and O–H groups in total. The van der Waals surface area contributed by atoms with Gasteiger partial charge in [-0.25, -0.2) is 4.68 Å². The number of rotatable bonds is 6. The van der Waals surface area contributed by atoms with Crippen molar-refractivity contribution < 1.29 is 19.1 Å². The molecular formula is C26H24N4O5. The van der Waals surface area contributed by atoms with Gasteiger partial charge in [0.25, 0.3) is 11.5 Å². The molecule has 0 radical (unpaired) electrons. The van der Waals surface area contributed by atoms with Crippen LogP contribution in [0.1, 0.15) is 44.2 Å². The number of ether oxygens (including phenoxy) is 1. The van der Waals surface area contributed by atoms with Gasteiger partial charge in [0, 0.05) is 36.4 Å². The number of hydrogen-bond donors (Lipinski definition) is 2. The molecule has 1 saturated heterocycles. The summed E-state index contributed by atoms with van der Waals surface area (Å²) < 4.78 is 6.83. The van der Waals surface area contributed by atoms with E-state index in [2.05, 4.69) is 27.6 Å². The number of carbonyl (C=O) groups is 3. The molecule has 1 aromatic heterocycles. The molecule has 3 amide bonds. The van der Waals surface area contributed by atoms with E-state index in [9.17, 15) is 19.2 Å². The molecule has 9 heteroatoms. The molecular weight excluding hydrogens is 448 g/mol. The van der Waals surface area contributed by atoms with E-state index in [4.69, 9.17) is 4.74 Å². The predicted octanol–water partition coefficient (Wildman–Crippen LogP) is 2.54. The number of fused-ring (bicyclic) bond motifs is 1. The Labute approximate surface area is 201 Å². The summed E-state index contributed by atoms with van der Waals surface area (Å²) in [5.74, 6) is 5.94. The first-order valence-corrected chi connectivity index (χ1v) is 11.3. The van der Waals surface area contributed by atoms with Gasteiger partial charge in [0.1, 0.15) is 11.8 Å². The second kappa shape index (κ2) is 10.7. The fraction of sp³-hybridized carbons (Fsp3) is 0.269. The number of piperidine rings is 1. The Morgan fingerprint density at radius 1 is 1.20 bits per heavy atom. The number of hydrogen-bond acceptors (Lipinski definition) is 6. The monoisotopic (exact) mass is 472 g/mol. The molecule has 0 aliphatic carbocycles. The van der Waals surface area contributed by atoms with E-state index in [0.717, 1.165) is 28.1 Å². The first-order chi connectivity index (χ1) is 16.9. The van der Waals surface area contributed by atoms with Crippen molar-refractivity contribution in [3.63, 3.8) is 0 Å². The van der Waals surface area contributed by atoms with Crippen molar-refractivity contribution in [3.8, 4) is 17.6 Å². The number of nitrogens with zero attached hydrogens (tertiary/aromatic N) is 2. The van der Waals surface area contributed by atoms with Gasteiger partial charge in [0.2, 0.25) is 11.8 Å². The third-order valence-electron chi connectivity index (χ3n) is 5.44. The van der Waals surface area contributed by atoms with Crippen LogP contribution in [-0.4, -0.2) is 34.1 Å². The van der Waals surface area contributed by atoms with Crippen LogP contribution in [0, 0.1) is 11.8 Å². The number of carbonyl (C=O) groups excluding carboxylic acids is 3. The minimum absolute atomic E-state index is 0.121. The minimum atomic E-state index is -0.790. The molecule has 4 rings (SSSR count). The van der Waals surface area contributed by atoms with Gasteiger partial charge >= 0.3 is 0 Å². The molecule has 1 atom stereocenters. The lowest BCUT2D eigenvalue weighted by atomic mass is 10.1. The summed E-state index contributed by atoms with van der Waals surface area (Å²) in [5.41, 5.74) is 1.10. The summed E-state index contributed by atoms with van der Waals surface area (Å²) in [6, 6.07) is 11.6. The van der Waals surface area contributed by atoms with Crippen molar-refractivity contribution in [2.75, 3.05) is 11.9 Å². The van der Waals surface area contributed by atoms with Gasteiger partial charge in [0.05, 0.1) is 18.2 Å². The Morgan fingerprint density at radius 3 is 2.74 bits per heavy atom. The number of benzene rings is 2. The predicted molar refractivity (Wildman–Crippen MR) is 130 cm³/mol. The highest BCUT2D eigenvalue weighted by Crippen LogP contribution is 2.18. The van der Waals surface area contributed by atoms with Crippen LogP contribution in [0.5, 0.6) is 5.75 Å². The number of imide groups is 1. The molecule has 9 nitrogen and oxygen atoms in total. The van der Waals surface area contributed by atoms with E-state index in [1.807, 2.05) is 0 Å². The molecule has 1 unspecified atom stereocenters. The van der Waals surface area contributed by atoms with Gasteiger partial charge in [-0.2, -0.15) is 5.10 Å². The molecule has 2 aromatic carbocycles. The lowest BCUT2D eigenvalue weighted by Gasteiger charge is -2.21. The summed E-state index contributed by atoms with van der Waals surface area (Å²) in [4.78, 5) is 47.4. The van der Waals surface area contributed by atoms with Gasteiger partial charge in [-0.1, -0.05) is 11.8 Å². The Balaban J connectivity index is 1.33. The van der Waals surface area contributed by atoms with Gasteiger partial charge in [0.15, 0.2) is 0 Å². The maximum Gasteiger partial charge on any atom is 0.275 e. The number of anilines is 1. The zero-order valence-electron chi connectivity index (χ0n) is 19.2. The van der Waals surface area contributed by atoms with Crippen molar-refractivity contribution in [1.82, 2.24) is 15.1 Å². The van der Waals surface area contributed by atoms with Crippen molar-refractivity contribution >= 4 is 34.2 Å². The normalized spacial score (nSPS) is 15.2. The summed E-state index contributed by atoms with van der Waals surface area (Å²) in [6.07, 6.45) is 3.34. The minimum Gasteiger partial charge on any atom is -0.494 e. The Bertz CT molecular complexity index is 1400. The fourth-order valence-corrected chi connectivity index (χ4v) is 3.73. The molecule has 3 aromatic rings. The molecule has 2 heterocycles. The average molecular weight is 473 g/mol. The molecule has 0 spiro atoms. The van der Waals surface area contributed by atoms with E-state index in [1.54, 1.807) is 42.5 Å². The second-order valence-electron chi connectivity index (χ2n) is 8.12. The Hall–Kier alpha value is -4.45. The summed E-state index contributed by atoms with van der Waals surface area (Å²) in [5, 5.41) is 10.2.